The predicted molar refractivity (Wildman–Crippen MR) is 102 cm³/mol. The summed E-state index contributed by atoms with van der Waals surface area (Å²) in [6.07, 6.45) is 0.785. The third-order valence-corrected chi connectivity index (χ3v) is 5.33. The summed E-state index contributed by atoms with van der Waals surface area (Å²) in [5, 5.41) is 4.95. The summed E-state index contributed by atoms with van der Waals surface area (Å²) < 4.78 is 32.6. The van der Waals surface area contributed by atoms with Crippen molar-refractivity contribution in [2.75, 3.05) is 25.1 Å². The molecule has 2 aromatic rings. The minimum absolute atomic E-state index is 0.392. The van der Waals surface area contributed by atoms with Gasteiger partial charge >= 0.3 is 16.3 Å². The number of anilines is 1. The number of nitrogens with two attached hydrogens (primary N) is 1. The molecule has 1 heterocycles. The number of nitrogens with zero attached hydrogens (tertiary/aromatic N) is 1. The quantitative estimate of drug-likeness (QED) is 0.838. The molecule has 0 unspecified atom stereocenters. The Morgan fingerprint density at radius 2 is 1.74 bits per heavy atom. The number of hydrogen-bond acceptors (Lipinski definition) is 6. The highest BCUT2D eigenvalue weighted by Crippen LogP contribution is 2.39. The number of carbonyl (C=O) groups excluding carboxylic acids is 1. The van der Waals surface area contributed by atoms with Crippen molar-refractivity contribution in [2.24, 2.45) is 5.14 Å². The van der Waals surface area contributed by atoms with Crippen molar-refractivity contribution in [1.82, 2.24) is 0 Å². The summed E-state index contributed by atoms with van der Waals surface area (Å²) in [5.41, 5.74) is 0.603. The van der Waals surface area contributed by atoms with E-state index in [1.165, 1.54) is 7.11 Å². The highest BCUT2D eigenvalue weighted by Gasteiger charge is 2.46. The van der Waals surface area contributed by atoms with Crippen LogP contribution in [0.15, 0.2) is 54.6 Å². The molecule has 0 bridgehead atoms. The van der Waals surface area contributed by atoms with Gasteiger partial charge in [-0.3, -0.25) is 0 Å². The Bertz CT molecular complexity index is 907. The number of benzene rings is 2. The van der Waals surface area contributed by atoms with Crippen LogP contribution in [0.25, 0.3) is 0 Å². The van der Waals surface area contributed by atoms with E-state index in [9.17, 15) is 13.2 Å². The number of rotatable bonds is 5. The van der Waals surface area contributed by atoms with Crippen molar-refractivity contribution in [3.05, 3.63) is 60.2 Å². The molecule has 3 rings (SSSR count). The Labute approximate surface area is 158 Å². The maximum Gasteiger partial charge on any atom is 0.382 e. The van der Waals surface area contributed by atoms with Crippen molar-refractivity contribution in [3.63, 3.8) is 0 Å². The van der Waals surface area contributed by atoms with Crippen LogP contribution in [-0.2, 0) is 24.7 Å². The zero-order valence-corrected chi connectivity index (χ0v) is 15.8. The molecule has 0 spiro atoms. The van der Waals surface area contributed by atoms with Gasteiger partial charge in [0.15, 0.2) is 0 Å². The summed E-state index contributed by atoms with van der Waals surface area (Å²) in [6, 6.07) is 16.9. The second kappa shape index (κ2) is 7.58. The second-order valence-electron chi connectivity index (χ2n) is 6.50. The Morgan fingerprint density at radius 3 is 2.33 bits per heavy atom. The monoisotopic (exact) mass is 390 g/mol. The summed E-state index contributed by atoms with van der Waals surface area (Å²) >= 11 is 0. The average molecular weight is 390 g/mol. The van der Waals surface area contributed by atoms with Gasteiger partial charge in [-0.25, -0.2) is 4.79 Å². The lowest BCUT2D eigenvalue weighted by atomic mass is 9.72. The van der Waals surface area contributed by atoms with Crippen molar-refractivity contribution in [2.45, 2.75) is 18.3 Å². The average Bonchev–Trinajstić information content (AvgIpc) is 2.67. The number of para-hydroxylation sites is 1. The molecular formula is C19H22N2O5S. The maximum atomic E-state index is 12.8. The van der Waals surface area contributed by atoms with Gasteiger partial charge in [-0.05, 0) is 42.7 Å². The molecule has 1 aliphatic heterocycles. The zero-order valence-electron chi connectivity index (χ0n) is 15.0. The fourth-order valence-corrected chi connectivity index (χ4v) is 3.87. The topological polar surface area (TPSA) is 98.9 Å². The predicted octanol–water partition coefficient (Wildman–Crippen LogP) is 1.98. The Morgan fingerprint density at radius 1 is 1.07 bits per heavy atom. The lowest BCUT2D eigenvalue weighted by Gasteiger charge is -2.41. The molecule has 0 saturated carbocycles. The number of ether oxygens (including phenoxy) is 1. The first-order chi connectivity index (χ1) is 12.8. The van der Waals surface area contributed by atoms with E-state index in [4.69, 9.17) is 9.88 Å². The van der Waals surface area contributed by atoms with Crippen LogP contribution >= 0.6 is 0 Å². The van der Waals surface area contributed by atoms with Crippen molar-refractivity contribution in [3.8, 4) is 5.75 Å². The van der Waals surface area contributed by atoms with Gasteiger partial charge in [0.2, 0.25) is 0 Å². The van der Waals surface area contributed by atoms with E-state index in [1.54, 1.807) is 24.3 Å². The molecule has 7 nitrogen and oxygen atoms in total. The van der Waals surface area contributed by atoms with Crippen molar-refractivity contribution >= 4 is 22.0 Å². The molecule has 1 saturated heterocycles. The van der Waals surface area contributed by atoms with Crippen LogP contribution < -0.4 is 14.8 Å². The third-order valence-electron chi connectivity index (χ3n) is 4.94. The summed E-state index contributed by atoms with van der Waals surface area (Å²) in [7, 11) is -2.86. The van der Waals surface area contributed by atoms with Crippen LogP contribution in [-0.4, -0.2) is 34.6 Å². The van der Waals surface area contributed by atoms with E-state index in [1.807, 2.05) is 30.3 Å². The largest absolute Gasteiger partial charge is 0.497 e. The highest BCUT2D eigenvalue weighted by atomic mass is 32.2. The standard InChI is InChI=1S/C19H22N2O5S/c1-25-17-9-5-6-15(14-17)19(18(22)26-27(20,23)24)10-12-21(13-11-19)16-7-3-2-4-8-16/h2-9,14H,10-13H2,1H3,(H2,20,23,24). The van der Waals surface area contributed by atoms with Crippen LogP contribution in [0.3, 0.4) is 0 Å². The van der Waals surface area contributed by atoms with Crippen molar-refractivity contribution in [1.29, 1.82) is 0 Å². The molecule has 0 atom stereocenters. The SMILES string of the molecule is COc1cccc(C2(C(=O)OS(N)(=O)=O)CCN(c3ccccc3)CC2)c1. The minimum atomic E-state index is -4.39. The molecule has 2 aromatic carbocycles. The second-order valence-corrected chi connectivity index (χ2v) is 7.65. The summed E-state index contributed by atoms with van der Waals surface area (Å²) in [6.45, 7) is 1.14. The van der Waals surface area contributed by atoms with Gasteiger partial charge in [-0.2, -0.15) is 13.6 Å². The first kappa shape index (κ1) is 19.2. The van der Waals surface area contributed by atoms with Gasteiger partial charge in [0.25, 0.3) is 0 Å². The van der Waals surface area contributed by atoms with Gasteiger partial charge in [0.05, 0.1) is 12.5 Å². The smallest absolute Gasteiger partial charge is 0.382 e. The van der Waals surface area contributed by atoms with Gasteiger partial charge < -0.3 is 13.8 Å². The normalized spacial score (nSPS) is 16.6. The lowest BCUT2D eigenvalue weighted by Crippen LogP contribution is -2.49. The van der Waals surface area contributed by atoms with Crippen molar-refractivity contribution < 1.29 is 22.1 Å². The van der Waals surface area contributed by atoms with Gasteiger partial charge in [-0.1, -0.05) is 30.3 Å². The number of carbonyl (C=O) groups is 1. The van der Waals surface area contributed by atoms with E-state index >= 15 is 0 Å². The van der Waals surface area contributed by atoms with Crippen LogP contribution in [0.4, 0.5) is 5.69 Å². The Kier molecular flexibility index (Phi) is 5.38. The molecule has 27 heavy (non-hydrogen) atoms. The Balaban J connectivity index is 1.93. The van der Waals surface area contributed by atoms with E-state index in [0.29, 0.717) is 37.2 Å². The molecule has 1 fully saturated rings. The van der Waals surface area contributed by atoms with E-state index in [2.05, 4.69) is 9.08 Å². The number of methoxy groups -OCH3 is 1. The molecule has 0 aromatic heterocycles. The van der Waals surface area contributed by atoms with E-state index in [0.717, 1.165) is 5.69 Å². The maximum absolute atomic E-state index is 12.8. The van der Waals surface area contributed by atoms with Gasteiger partial charge in [0.1, 0.15) is 5.75 Å². The molecule has 2 N–H and O–H groups in total. The fourth-order valence-electron chi connectivity index (χ4n) is 3.50. The third kappa shape index (κ3) is 4.23. The zero-order chi connectivity index (χ0) is 19.5. The van der Waals surface area contributed by atoms with Crippen LogP contribution in [0.5, 0.6) is 5.75 Å². The summed E-state index contributed by atoms with van der Waals surface area (Å²) in [5.74, 6) is -0.272. The van der Waals surface area contributed by atoms with E-state index in [-0.39, 0.29) is 0 Å². The molecule has 0 aliphatic carbocycles. The molecule has 0 radical (unpaired) electrons. The highest BCUT2D eigenvalue weighted by molar-refractivity contribution is 7.84. The Hall–Kier alpha value is -2.58. The summed E-state index contributed by atoms with van der Waals surface area (Å²) in [4.78, 5) is 15.0. The van der Waals surface area contributed by atoms with Gasteiger partial charge in [0, 0.05) is 18.8 Å². The molecule has 144 valence electrons. The van der Waals surface area contributed by atoms with E-state index < -0.39 is 21.7 Å². The molecule has 1 aliphatic rings. The minimum Gasteiger partial charge on any atom is -0.497 e. The van der Waals surface area contributed by atoms with Gasteiger partial charge in [-0.15, -0.1) is 0 Å². The first-order valence-electron chi connectivity index (χ1n) is 8.55. The first-order valence-corrected chi connectivity index (χ1v) is 10.0. The lowest BCUT2D eigenvalue weighted by molar-refractivity contribution is -0.141. The van der Waals surface area contributed by atoms with Crippen LogP contribution in [0.1, 0.15) is 18.4 Å². The molecular weight excluding hydrogens is 368 g/mol. The number of hydrogen-bond donors (Lipinski definition) is 1. The molecule has 0 amide bonds. The molecule has 8 heteroatoms. The van der Waals surface area contributed by atoms with Crippen LogP contribution in [0, 0.1) is 0 Å². The van der Waals surface area contributed by atoms with Crippen LogP contribution in [0.2, 0.25) is 0 Å². The number of piperidine rings is 1. The fraction of sp³-hybridized carbons (Fsp3) is 0.316.